The largest absolute Gasteiger partial charge is 0.338 e. The minimum atomic E-state index is 0.0672. The number of pyridine rings is 1. The molecule has 0 spiro atoms. The smallest absolute Gasteiger partial charge is 0.246 e. The van der Waals surface area contributed by atoms with Gasteiger partial charge < -0.3 is 4.90 Å². The standard InChI is InChI=1S/C25H32N2O2S/c1-24-13-11-18-16(7-10-20-25(18,2)14-12-22(28)27(20)3)17(24)8-9-19(24)23(29)30-21-6-4-5-15-26-21/h4-6,12,14-20H,7-11,13H2,1-3H3/t16-,17-,18-,19+,20+,24-,25+/m0/s1. The predicted molar refractivity (Wildman–Crippen MR) is 119 cm³/mol. The second-order valence-corrected chi connectivity index (χ2v) is 11.4. The number of thioether (sulfide) groups is 1. The highest BCUT2D eigenvalue weighted by atomic mass is 32.2. The van der Waals surface area contributed by atoms with Crippen molar-refractivity contribution >= 4 is 22.8 Å². The van der Waals surface area contributed by atoms with E-state index in [1.165, 1.54) is 18.2 Å². The van der Waals surface area contributed by atoms with E-state index < -0.39 is 0 Å². The molecule has 4 aliphatic rings. The summed E-state index contributed by atoms with van der Waals surface area (Å²) < 4.78 is 0. The van der Waals surface area contributed by atoms with E-state index in [-0.39, 0.29) is 22.7 Å². The van der Waals surface area contributed by atoms with Crippen molar-refractivity contribution < 1.29 is 9.59 Å². The van der Waals surface area contributed by atoms with Crippen LogP contribution in [0.2, 0.25) is 0 Å². The minimum Gasteiger partial charge on any atom is -0.338 e. The SMILES string of the molecule is CN1C(=O)C=C[C@]2(C)[C@H]3CC[C@]4(C)[C@@H](C(=O)Sc5ccccn5)CC[C@H]4[C@@H]3CC[C@@H]12. The fraction of sp³-hybridized carbons (Fsp3) is 0.640. The first-order chi connectivity index (χ1) is 14.3. The van der Waals surface area contributed by atoms with Crippen LogP contribution in [0.3, 0.4) is 0 Å². The van der Waals surface area contributed by atoms with E-state index in [1.807, 2.05) is 30.1 Å². The van der Waals surface area contributed by atoms with Gasteiger partial charge in [-0.2, -0.15) is 0 Å². The zero-order chi connectivity index (χ0) is 21.1. The van der Waals surface area contributed by atoms with Gasteiger partial charge in [0.2, 0.25) is 5.91 Å². The molecule has 4 nitrogen and oxygen atoms in total. The number of carbonyl (C=O) groups excluding carboxylic acids is 2. The van der Waals surface area contributed by atoms with Crippen LogP contribution >= 0.6 is 11.8 Å². The predicted octanol–water partition coefficient (Wildman–Crippen LogP) is 4.96. The number of fused-ring (bicyclic) bond motifs is 5. The fourth-order valence-corrected chi connectivity index (χ4v) is 8.70. The summed E-state index contributed by atoms with van der Waals surface area (Å²) in [6.07, 6.45) is 12.5. The molecule has 2 heterocycles. The lowest BCUT2D eigenvalue weighted by Crippen LogP contribution is -2.59. The van der Waals surface area contributed by atoms with Gasteiger partial charge in [-0.1, -0.05) is 26.0 Å². The van der Waals surface area contributed by atoms with Crippen molar-refractivity contribution in [3.05, 3.63) is 36.5 Å². The zero-order valence-electron chi connectivity index (χ0n) is 18.2. The van der Waals surface area contributed by atoms with Gasteiger partial charge >= 0.3 is 0 Å². The van der Waals surface area contributed by atoms with Gasteiger partial charge in [0.1, 0.15) is 5.03 Å². The van der Waals surface area contributed by atoms with Crippen LogP contribution in [-0.2, 0) is 9.59 Å². The maximum absolute atomic E-state index is 13.3. The highest BCUT2D eigenvalue weighted by Crippen LogP contribution is 2.66. The number of nitrogens with zero attached hydrogens (tertiary/aromatic N) is 2. The van der Waals surface area contributed by atoms with Crippen molar-refractivity contribution in [2.24, 2.45) is 34.5 Å². The molecule has 3 saturated carbocycles. The average molecular weight is 425 g/mol. The normalized spacial score (nSPS) is 42.4. The Morgan fingerprint density at radius 3 is 2.73 bits per heavy atom. The molecule has 1 aromatic heterocycles. The van der Waals surface area contributed by atoms with E-state index in [2.05, 4.69) is 24.9 Å². The molecule has 1 amide bonds. The van der Waals surface area contributed by atoms with Gasteiger partial charge in [-0.3, -0.25) is 9.59 Å². The summed E-state index contributed by atoms with van der Waals surface area (Å²) in [6.45, 7) is 4.77. The molecule has 0 bridgehead atoms. The maximum atomic E-state index is 13.3. The lowest BCUT2D eigenvalue weighted by Gasteiger charge is -2.60. The zero-order valence-corrected chi connectivity index (χ0v) is 19.0. The first-order valence-corrected chi connectivity index (χ1v) is 12.2. The van der Waals surface area contributed by atoms with Gasteiger partial charge in [-0.25, -0.2) is 4.98 Å². The summed E-state index contributed by atoms with van der Waals surface area (Å²) in [5, 5.41) is 1.12. The minimum absolute atomic E-state index is 0.0672. The van der Waals surface area contributed by atoms with Crippen LogP contribution in [0.5, 0.6) is 0 Å². The molecule has 1 aromatic rings. The third kappa shape index (κ3) is 2.91. The van der Waals surface area contributed by atoms with Crippen molar-refractivity contribution in [1.82, 2.24) is 9.88 Å². The number of rotatable bonds is 2. The second kappa shape index (κ2) is 7.22. The van der Waals surface area contributed by atoms with Gasteiger partial charge in [0.05, 0.1) is 0 Å². The Labute approximate surface area is 183 Å². The van der Waals surface area contributed by atoms with Gasteiger partial charge in [0.25, 0.3) is 0 Å². The third-order valence-corrected chi connectivity index (χ3v) is 10.2. The summed E-state index contributed by atoms with van der Waals surface area (Å²) in [6, 6.07) is 6.10. The van der Waals surface area contributed by atoms with Crippen molar-refractivity contribution in [2.75, 3.05) is 7.05 Å². The number of carbonyl (C=O) groups is 2. The monoisotopic (exact) mass is 424 g/mol. The Morgan fingerprint density at radius 1 is 1.13 bits per heavy atom. The number of amides is 1. The van der Waals surface area contributed by atoms with Crippen LogP contribution in [0.25, 0.3) is 0 Å². The van der Waals surface area contributed by atoms with Gasteiger partial charge in [-0.05, 0) is 91.7 Å². The average Bonchev–Trinajstić information content (AvgIpc) is 3.09. The van der Waals surface area contributed by atoms with E-state index in [0.717, 1.165) is 37.1 Å². The summed E-state index contributed by atoms with van der Waals surface area (Å²) in [4.78, 5) is 31.9. The van der Waals surface area contributed by atoms with E-state index in [0.29, 0.717) is 28.9 Å². The quantitative estimate of drug-likeness (QED) is 0.630. The van der Waals surface area contributed by atoms with E-state index in [9.17, 15) is 9.59 Å². The fourth-order valence-electron chi connectivity index (χ4n) is 7.71. The molecular formula is C25H32N2O2S. The summed E-state index contributed by atoms with van der Waals surface area (Å²) in [7, 11) is 1.97. The molecule has 0 aromatic carbocycles. The Morgan fingerprint density at radius 2 is 1.97 bits per heavy atom. The molecule has 3 fully saturated rings. The van der Waals surface area contributed by atoms with Crippen LogP contribution in [0, 0.1) is 34.5 Å². The second-order valence-electron chi connectivity index (χ2n) is 10.4. The van der Waals surface area contributed by atoms with Crippen molar-refractivity contribution in [3.8, 4) is 0 Å². The Balaban J connectivity index is 1.38. The van der Waals surface area contributed by atoms with E-state index >= 15 is 0 Å². The molecule has 5 rings (SSSR count). The van der Waals surface area contributed by atoms with Crippen molar-refractivity contribution in [1.29, 1.82) is 0 Å². The lowest BCUT2D eigenvalue weighted by molar-refractivity contribution is -0.140. The number of likely N-dealkylation sites (N-methyl/N-ethyl adjacent to an activating group) is 1. The molecule has 30 heavy (non-hydrogen) atoms. The highest BCUT2D eigenvalue weighted by molar-refractivity contribution is 8.13. The number of hydrogen-bond acceptors (Lipinski definition) is 4. The van der Waals surface area contributed by atoms with Crippen LogP contribution < -0.4 is 0 Å². The first-order valence-electron chi connectivity index (χ1n) is 11.4. The van der Waals surface area contributed by atoms with Gasteiger partial charge in [0.15, 0.2) is 5.12 Å². The summed E-state index contributed by atoms with van der Waals surface area (Å²) >= 11 is 1.34. The Hall–Kier alpha value is -1.62. The van der Waals surface area contributed by atoms with Gasteiger partial charge in [-0.15, -0.1) is 0 Å². The number of hydrogen-bond donors (Lipinski definition) is 0. The maximum Gasteiger partial charge on any atom is 0.246 e. The molecule has 0 saturated heterocycles. The first kappa shape index (κ1) is 20.3. The van der Waals surface area contributed by atoms with Crippen LogP contribution in [0.15, 0.2) is 41.6 Å². The van der Waals surface area contributed by atoms with Crippen molar-refractivity contribution in [3.63, 3.8) is 0 Å². The molecule has 7 atom stereocenters. The third-order valence-electron chi connectivity index (χ3n) is 9.26. The van der Waals surface area contributed by atoms with Crippen LogP contribution in [-0.4, -0.2) is 34.0 Å². The van der Waals surface area contributed by atoms with Crippen LogP contribution in [0.1, 0.15) is 52.4 Å². The van der Waals surface area contributed by atoms with E-state index in [1.54, 1.807) is 12.3 Å². The topological polar surface area (TPSA) is 50.3 Å². The van der Waals surface area contributed by atoms with Gasteiger partial charge in [0, 0.05) is 30.6 Å². The molecule has 0 N–H and O–H groups in total. The van der Waals surface area contributed by atoms with Crippen molar-refractivity contribution in [2.45, 2.75) is 63.4 Å². The molecule has 0 radical (unpaired) electrons. The molecular weight excluding hydrogens is 392 g/mol. The molecule has 3 aliphatic carbocycles. The van der Waals surface area contributed by atoms with Crippen LogP contribution in [0.4, 0.5) is 0 Å². The summed E-state index contributed by atoms with van der Waals surface area (Å²) in [5.41, 5.74) is 0.168. The van der Waals surface area contributed by atoms with E-state index in [4.69, 9.17) is 0 Å². The number of aromatic nitrogens is 1. The highest BCUT2D eigenvalue weighted by Gasteiger charge is 2.61. The molecule has 5 heteroatoms. The summed E-state index contributed by atoms with van der Waals surface area (Å²) in [5.74, 6) is 2.16. The molecule has 160 valence electrons. The molecule has 0 unspecified atom stereocenters. The Kier molecular flexibility index (Phi) is 4.88. The Bertz CT molecular complexity index is 886. The lowest BCUT2D eigenvalue weighted by atomic mass is 9.48. The molecule has 1 aliphatic heterocycles.